The van der Waals surface area contributed by atoms with Gasteiger partial charge in [-0.05, 0) is 55.9 Å². The molecule has 0 saturated carbocycles. The van der Waals surface area contributed by atoms with E-state index in [2.05, 4.69) is 0 Å². The molecule has 3 N–H and O–H groups in total. The monoisotopic (exact) mass is 298 g/mol. The van der Waals surface area contributed by atoms with Crippen LogP contribution in [0.3, 0.4) is 0 Å². The van der Waals surface area contributed by atoms with E-state index in [-0.39, 0.29) is 17.4 Å². The van der Waals surface area contributed by atoms with Crippen molar-refractivity contribution < 1.29 is 13.5 Å². The molecule has 1 fully saturated rings. The Balaban J connectivity index is 2.40. The van der Waals surface area contributed by atoms with Crippen LogP contribution in [0.25, 0.3) is 0 Å². The lowest BCUT2D eigenvalue weighted by Gasteiger charge is -2.31. The van der Waals surface area contributed by atoms with E-state index in [4.69, 9.17) is 5.73 Å². The third-order valence-electron chi connectivity index (χ3n) is 3.90. The fourth-order valence-corrected chi connectivity index (χ4v) is 4.55. The smallest absolute Gasteiger partial charge is 0.243 e. The molecule has 20 heavy (non-hydrogen) atoms. The fraction of sp³-hybridized carbons (Fsp3) is 0.571. The minimum Gasteiger partial charge on any atom is -0.398 e. The zero-order valence-electron chi connectivity index (χ0n) is 12.0. The summed E-state index contributed by atoms with van der Waals surface area (Å²) in [5.74, 6) is 0.0287. The molecule has 0 radical (unpaired) electrons. The normalized spacial score (nSPS) is 21.1. The molecule has 0 aliphatic carbocycles. The molecule has 0 spiro atoms. The first-order chi connectivity index (χ1) is 9.36. The van der Waals surface area contributed by atoms with Gasteiger partial charge in [0.05, 0.1) is 4.90 Å². The van der Waals surface area contributed by atoms with Crippen molar-refractivity contribution in [2.45, 2.75) is 31.6 Å². The highest BCUT2D eigenvalue weighted by Gasteiger charge is 2.31. The Morgan fingerprint density at radius 2 is 2.10 bits per heavy atom. The number of piperidine rings is 1. The van der Waals surface area contributed by atoms with E-state index in [1.165, 1.54) is 4.31 Å². The number of rotatable bonds is 3. The standard InChI is InChI=1S/C14H22N2O3S/c1-10-6-13(15)11(2)14(7-10)20(18,19)16-5-3-4-12(8-16)9-17/h6-7,12,17H,3-5,8-9,15H2,1-2H3. The number of sulfonamides is 1. The molecule has 1 aliphatic heterocycles. The number of hydrogen-bond acceptors (Lipinski definition) is 4. The van der Waals surface area contributed by atoms with E-state index < -0.39 is 10.0 Å². The first kappa shape index (κ1) is 15.3. The number of aliphatic hydroxyl groups is 1. The van der Waals surface area contributed by atoms with Crippen LogP contribution in [0.4, 0.5) is 5.69 Å². The molecular formula is C14H22N2O3S. The SMILES string of the molecule is Cc1cc(N)c(C)c(S(=O)(=O)N2CCCC(CO)C2)c1. The molecule has 5 nitrogen and oxygen atoms in total. The highest BCUT2D eigenvalue weighted by molar-refractivity contribution is 7.89. The number of anilines is 1. The highest BCUT2D eigenvalue weighted by Crippen LogP contribution is 2.28. The van der Waals surface area contributed by atoms with Gasteiger partial charge >= 0.3 is 0 Å². The third-order valence-corrected chi connectivity index (χ3v) is 5.89. The van der Waals surface area contributed by atoms with Crippen molar-refractivity contribution in [3.8, 4) is 0 Å². The van der Waals surface area contributed by atoms with Gasteiger partial charge < -0.3 is 10.8 Å². The maximum atomic E-state index is 12.8. The summed E-state index contributed by atoms with van der Waals surface area (Å²) in [7, 11) is -3.54. The number of nitrogens with two attached hydrogens (primary N) is 1. The van der Waals surface area contributed by atoms with Crippen molar-refractivity contribution in [1.29, 1.82) is 0 Å². The van der Waals surface area contributed by atoms with Gasteiger partial charge in [-0.1, -0.05) is 0 Å². The molecule has 1 aromatic carbocycles. The number of nitrogens with zero attached hydrogens (tertiary/aromatic N) is 1. The summed E-state index contributed by atoms with van der Waals surface area (Å²) in [6, 6.07) is 3.45. The molecule has 1 unspecified atom stereocenters. The third kappa shape index (κ3) is 2.82. The summed E-state index contributed by atoms with van der Waals surface area (Å²) in [4.78, 5) is 0.286. The van der Waals surface area contributed by atoms with Crippen LogP contribution in [-0.2, 0) is 10.0 Å². The summed E-state index contributed by atoms with van der Waals surface area (Å²) in [6.07, 6.45) is 1.66. The summed E-state index contributed by atoms with van der Waals surface area (Å²) in [6.45, 7) is 4.48. The molecule has 0 amide bonds. The Hall–Kier alpha value is -1.11. The van der Waals surface area contributed by atoms with Crippen LogP contribution >= 0.6 is 0 Å². The Labute approximate surface area is 120 Å². The van der Waals surface area contributed by atoms with Gasteiger partial charge in [0, 0.05) is 25.4 Å². The van der Waals surface area contributed by atoms with Crippen LogP contribution < -0.4 is 5.73 Å². The van der Waals surface area contributed by atoms with Crippen LogP contribution in [0, 0.1) is 19.8 Å². The summed E-state index contributed by atoms with van der Waals surface area (Å²) in [5, 5.41) is 9.25. The van der Waals surface area contributed by atoms with Gasteiger partial charge in [-0.3, -0.25) is 0 Å². The number of aliphatic hydroxyl groups excluding tert-OH is 1. The summed E-state index contributed by atoms with van der Waals surface area (Å²) in [5.41, 5.74) is 7.81. The molecule has 6 heteroatoms. The van der Waals surface area contributed by atoms with Gasteiger partial charge in [0.2, 0.25) is 10.0 Å². The first-order valence-electron chi connectivity index (χ1n) is 6.84. The van der Waals surface area contributed by atoms with E-state index >= 15 is 0 Å². The van der Waals surface area contributed by atoms with E-state index in [1.807, 2.05) is 6.92 Å². The first-order valence-corrected chi connectivity index (χ1v) is 8.28. The van der Waals surface area contributed by atoms with E-state index in [0.29, 0.717) is 24.3 Å². The second-order valence-corrected chi connectivity index (χ2v) is 7.44. The van der Waals surface area contributed by atoms with Gasteiger partial charge in [0.1, 0.15) is 0 Å². The lowest BCUT2D eigenvalue weighted by Crippen LogP contribution is -2.41. The number of aryl methyl sites for hydroxylation is 1. The lowest BCUT2D eigenvalue weighted by molar-refractivity contribution is 0.165. The summed E-state index contributed by atoms with van der Waals surface area (Å²) >= 11 is 0. The Morgan fingerprint density at radius 1 is 1.40 bits per heavy atom. The van der Waals surface area contributed by atoms with Gasteiger partial charge in [-0.15, -0.1) is 0 Å². The Morgan fingerprint density at radius 3 is 2.75 bits per heavy atom. The van der Waals surface area contributed by atoms with Crippen LogP contribution in [-0.4, -0.2) is 37.5 Å². The average Bonchev–Trinajstić information content (AvgIpc) is 2.42. The number of nitrogen functional groups attached to an aromatic ring is 1. The molecule has 1 heterocycles. The molecular weight excluding hydrogens is 276 g/mol. The predicted molar refractivity (Wildman–Crippen MR) is 78.9 cm³/mol. The molecule has 1 saturated heterocycles. The van der Waals surface area contributed by atoms with Crippen LogP contribution in [0.1, 0.15) is 24.0 Å². The number of benzene rings is 1. The largest absolute Gasteiger partial charge is 0.398 e. The minimum absolute atomic E-state index is 0.0287. The molecule has 1 atom stereocenters. The Kier molecular flexibility index (Phi) is 4.36. The van der Waals surface area contributed by atoms with Crippen LogP contribution in [0.15, 0.2) is 17.0 Å². The Bertz CT molecular complexity index is 599. The molecule has 1 aromatic rings. The molecule has 0 bridgehead atoms. The molecule has 1 aliphatic rings. The van der Waals surface area contributed by atoms with Crippen molar-refractivity contribution in [2.24, 2.45) is 5.92 Å². The van der Waals surface area contributed by atoms with Crippen LogP contribution in [0.2, 0.25) is 0 Å². The zero-order valence-corrected chi connectivity index (χ0v) is 12.8. The molecule has 112 valence electrons. The van der Waals surface area contributed by atoms with Gasteiger partial charge in [-0.2, -0.15) is 4.31 Å². The summed E-state index contributed by atoms with van der Waals surface area (Å²) < 4.78 is 27.0. The molecule has 2 rings (SSSR count). The van der Waals surface area contributed by atoms with Crippen molar-refractivity contribution in [2.75, 3.05) is 25.4 Å². The van der Waals surface area contributed by atoms with Crippen molar-refractivity contribution in [3.05, 3.63) is 23.3 Å². The number of hydrogen-bond donors (Lipinski definition) is 2. The lowest BCUT2D eigenvalue weighted by atomic mass is 10.0. The maximum absolute atomic E-state index is 12.8. The topological polar surface area (TPSA) is 83.6 Å². The van der Waals surface area contributed by atoms with Crippen LogP contribution in [0.5, 0.6) is 0 Å². The molecule has 0 aromatic heterocycles. The van der Waals surface area contributed by atoms with E-state index in [1.54, 1.807) is 19.1 Å². The zero-order chi connectivity index (χ0) is 14.9. The predicted octanol–water partition coefficient (Wildman–Crippen LogP) is 1.28. The second kappa shape index (κ2) is 5.71. The van der Waals surface area contributed by atoms with Crippen molar-refractivity contribution in [1.82, 2.24) is 4.31 Å². The maximum Gasteiger partial charge on any atom is 0.243 e. The highest BCUT2D eigenvalue weighted by atomic mass is 32.2. The van der Waals surface area contributed by atoms with E-state index in [0.717, 1.165) is 18.4 Å². The van der Waals surface area contributed by atoms with Gasteiger partial charge in [0.25, 0.3) is 0 Å². The fourth-order valence-electron chi connectivity index (χ4n) is 2.65. The van der Waals surface area contributed by atoms with Gasteiger partial charge in [-0.25, -0.2) is 8.42 Å². The van der Waals surface area contributed by atoms with Crippen molar-refractivity contribution >= 4 is 15.7 Å². The van der Waals surface area contributed by atoms with Crippen molar-refractivity contribution in [3.63, 3.8) is 0 Å². The minimum atomic E-state index is -3.54. The second-order valence-electron chi connectivity index (χ2n) is 5.53. The quantitative estimate of drug-likeness (QED) is 0.823. The average molecular weight is 298 g/mol. The van der Waals surface area contributed by atoms with E-state index in [9.17, 15) is 13.5 Å². The van der Waals surface area contributed by atoms with Gasteiger partial charge in [0.15, 0.2) is 0 Å².